The molecule has 0 saturated carbocycles. The van der Waals surface area contributed by atoms with Crippen LogP contribution in [0.25, 0.3) is 0 Å². The Labute approximate surface area is 82.4 Å². The van der Waals surface area contributed by atoms with Crippen LogP contribution in [0.4, 0.5) is 0 Å². The van der Waals surface area contributed by atoms with Crippen molar-refractivity contribution in [1.82, 2.24) is 20.2 Å². The minimum atomic E-state index is 0.787. The highest BCUT2D eigenvalue weighted by atomic mass is 15.2. The molecular weight excluding hydrogens is 176 g/mol. The summed E-state index contributed by atoms with van der Waals surface area (Å²) in [5.74, 6) is 1.78. The molecule has 2 aromatic rings. The first-order chi connectivity index (χ1) is 6.88. The van der Waals surface area contributed by atoms with Gasteiger partial charge in [0.2, 0.25) is 0 Å². The average molecular weight is 188 g/mol. The maximum absolute atomic E-state index is 4.34. The van der Waals surface area contributed by atoms with E-state index in [1.807, 2.05) is 19.1 Å². The number of aromatic nitrogens is 4. The fraction of sp³-hybridized carbons (Fsp3) is 0.300. The molecule has 2 aromatic heterocycles. The van der Waals surface area contributed by atoms with Gasteiger partial charge < -0.3 is 0 Å². The summed E-state index contributed by atoms with van der Waals surface area (Å²) in [5, 5.41) is 7.00. The zero-order valence-corrected chi connectivity index (χ0v) is 8.07. The number of hydrogen-bond acceptors (Lipinski definition) is 3. The van der Waals surface area contributed by atoms with Gasteiger partial charge in [0.15, 0.2) is 0 Å². The van der Waals surface area contributed by atoms with Gasteiger partial charge in [0.25, 0.3) is 0 Å². The lowest BCUT2D eigenvalue weighted by molar-refractivity contribution is 0.942. The zero-order chi connectivity index (χ0) is 9.80. The van der Waals surface area contributed by atoms with Crippen molar-refractivity contribution in [1.29, 1.82) is 0 Å². The summed E-state index contributed by atoms with van der Waals surface area (Å²) in [6, 6.07) is 3.96. The molecule has 0 amide bonds. The Morgan fingerprint density at radius 1 is 1.29 bits per heavy atom. The molecule has 0 atom stereocenters. The van der Waals surface area contributed by atoms with E-state index >= 15 is 0 Å². The Balaban J connectivity index is 2.11. The summed E-state index contributed by atoms with van der Waals surface area (Å²) in [5.41, 5.74) is 1.19. The van der Waals surface area contributed by atoms with Crippen molar-refractivity contribution in [2.75, 3.05) is 0 Å². The van der Waals surface area contributed by atoms with Crippen LogP contribution >= 0.6 is 0 Å². The second-order valence-corrected chi connectivity index (χ2v) is 3.08. The van der Waals surface area contributed by atoms with Gasteiger partial charge in [0, 0.05) is 25.2 Å². The summed E-state index contributed by atoms with van der Waals surface area (Å²) in [6.07, 6.45) is 5.22. The lowest BCUT2D eigenvalue weighted by Crippen LogP contribution is -1.91. The van der Waals surface area contributed by atoms with E-state index in [9.17, 15) is 0 Å². The van der Waals surface area contributed by atoms with Gasteiger partial charge in [-0.1, -0.05) is 6.92 Å². The first-order valence-electron chi connectivity index (χ1n) is 4.67. The molecule has 0 aliphatic carbocycles. The predicted octanol–water partition coefficient (Wildman–Crippen LogP) is 1.35. The second kappa shape index (κ2) is 4.00. The van der Waals surface area contributed by atoms with E-state index in [0.29, 0.717) is 0 Å². The minimum absolute atomic E-state index is 0.787. The molecular formula is C10H12N4. The highest BCUT2D eigenvalue weighted by Gasteiger charge is 2.01. The Morgan fingerprint density at radius 3 is 2.71 bits per heavy atom. The highest BCUT2D eigenvalue weighted by Crippen LogP contribution is 2.03. The van der Waals surface area contributed by atoms with Crippen LogP contribution < -0.4 is 0 Å². The quantitative estimate of drug-likeness (QED) is 0.791. The molecule has 0 spiro atoms. The van der Waals surface area contributed by atoms with Crippen molar-refractivity contribution in [3.05, 3.63) is 41.7 Å². The number of pyridine rings is 1. The highest BCUT2D eigenvalue weighted by molar-refractivity contribution is 5.14. The summed E-state index contributed by atoms with van der Waals surface area (Å²) >= 11 is 0. The topological polar surface area (TPSA) is 54.5 Å². The first-order valence-corrected chi connectivity index (χ1v) is 4.67. The fourth-order valence-corrected chi connectivity index (χ4v) is 1.27. The largest absolute Gasteiger partial charge is 0.265 e. The van der Waals surface area contributed by atoms with Gasteiger partial charge in [0.1, 0.15) is 11.6 Å². The minimum Gasteiger partial charge on any atom is -0.265 e. The third-order valence-electron chi connectivity index (χ3n) is 2.02. The van der Waals surface area contributed by atoms with E-state index in [-0.39, 0.29) is 0 Å². The maximum atomic E-state index is 4.34. The predicted molar refractivity (Wildman–Crippen MR) is 52.8 cm³/mol. The van der Waals surface area contributed by atoms with E-state index in [2.05, 4.69) is 20.2 Å². The van der Waals surface area contributed by atoms with Crippen LogP contribution in [0.15, 0.2) is 24.5 Å². The number of nitrogens with zero attached hydrogens (tertiary/aromatic N) is 3. The summed E-state index contributed by atoms with van der Waals surface area (Å²) in [7, 11) is 0. The fourth-order valence-electron chi connectivity index (χ4n) is 1.27. The number of H-pyrrole nitrogens is 1. The summed E-state index contributed by atoms with van der Waals surface area (Å²) in [4.78, 5) is 8.30. The molecule has 0 aliphatic heterocycles. The third kappa shape index (κ3) is 1.96. The maximum Gasteiger partial charge on any atom is 0.150 e. The molecule has 4 heteroatoms. The molecule has 0 bridgehead atoms. The van der Waals surface area contributed by atoms with Gasteiger partial charge in [-0.3, -0.25) is 10.1 Å². The number of hydrogen-bond donors (Lipinski definition) is 1. The monoisotopic (exact) mass is 188 g/mol. The van der Waals surface area contributed by atoms with E-state index in [0.717, 1.165) is 24.5 Å². The molecule has 0 saturated heterocycles. The smallest absolute Gasteiger partial charge is 0.150 e. The Hall–Kier alpha value is -1.71. The Kier molecular flexibility index (Phi) is 2.53. The van der Waals surface area contributed by atoms with Gasteiger partial charge in [-0.2, -0.15) is 5.10 Å². The van der Waals surface area contributed by atoms with Crippen LogP contribution in [-0.2, 0) is 12.8 Å². The van der Waals surface area contributed by atoms with Gasteiger partial charge in [0.05, 0.1) is 0 Å². The van der Waals surface area contributed by atoms with Gasteiger partial charge >= 0.3 is 0 Å². The molecule has 0 aromatic carbocycles. The van der Waals surface area contributed by atoms with Gasteiger partial charge in [-0.25, -0.2) is 4.98 Å². The van der Waals surface area contributed by atoms with E-state index in [1.54, 1.807) is 12.4 Å². The second-order valence-electron chi connectivity index (χ2n) is 3.08. The SMILES string of the molecule is CCc1n[nH]c(Cc2ccncc2)n1. The Morgan fingerprint density at radius 2 is 2.07 bits per heavy atom. The molecule has 2 heterocycles. The molecule has 0 fully saturated rings. The summed E-state index contributed by atoms with van der Waals surface area (Å²) < 4.78 is 0. The standard InChI is InChI=1S/C10H12N4/c1-2-9-12-10(14-13-9)7-8-3-5-11-6-4-8/h3-6H,2,7H2,1H3,(H,12,13,14). The van der Waals surface area contributed by atoms with E-state index in [4.69, 9.17) is 0 Å². The van der Waals surface area contributed by atoms with Crippen molar-refractivity contribution in [3.63, 3.8) is 0 Å². The van der Waals surface area contributed by atoms with Crippen LogP contribution in [0.2, 0.25) is 0 Å². The molecule has 14 heavy (non-hydrogen) atoms. The molecule has 2 rings (SSSR count). The van der Waals surface area contributed by atoms with Crippen molar-refractivity contribution in [2.24, 2.45) is 0 Å². The zero-order valence-electron chi connectivity index (χ0n) is 8.07. The van der Waals surface area contributed by atoms with Gasteiger partial charge in [-0.15, -0.1) is 0 Å². The van der Waals surface area contributed by atoms with E-state index < -0.39 is 0 Å². The molecule has 0 unspecified atom stereocenters. The third-order valence-corrected chi connectivity index (χ3v) is 2.02. The van der Waals surface area contributed by atoms with Crippen LogP contribution in [0.3, 0.4) is 0 Å². The summed E-state index contributed by atoms with van der Waals surface area (Å²) in [6.45, 7) is 2.04. The van der Waals surface area contributed by atoms with Crippen molar-refractivity contribution in [3.8, 4) is 0 Å². The van der Waals surface area contributed by atoms with Crippen LogP contribution in [0.5, 0.6) is 0 Å². The lowest BCUT2D eigenvalue weighted by atomic mass is 10.2. The van der Waals surface area contributed by atoms with Crippen LogP contribution in [0.1, 0.15) is 24.1 Å². The molecule has 0 aliphatic rings. The number of aromatic amines is 1. The lowest BCUT2D eigenvalue weighted by Gasteiger charge is -1.94. The first kappa shape index (κ1) is 8.87. The van der Waals surface area contributed by atoms with E-state index in [1.165, 1.54) is 5.56 Å². The number of nitrogens with one attached hydrogen (secondary N) is 1. The molecule has 72 valence electrons. The average Bonchev–Trinajstić information content (AvgIpc) is 2.67. The molecule has 1 N–H and O–H groups in total. The Bertz CT molecular complexity index is 394. The number of rotatable bonds is 3. The van der Waals surface area contributed by atoms with Crippen molar-refractivity contribution in [2.45, 2.75) is 19.8 Å². The molecule has 0 radical (unpaired) electrons. The van der Waals surface area contributed by atoms with Crippen molar-refractivity contribution < 1.29 is 0 Å². The normalized spacial score (nSPS) is 10.4. The molecule has 4 nitrogen and oxygen atoms in total. The van der Waals surface area contributed by atoms with Gasteiger partial charge in [-0.05, 0) is 17.7 Å². The van der Waals surface area contributed by atoms with Crippen molar-refractivity contribution >= 4 is 0 Å². The van der Waals surface area contributed by atoms with Crippen LogP contribution in [-0.4, -0.2) is 20.2 Å². The van der Waals surface area contributed by atoms with Crippen LogP contribution in [0, 0.1) is 0 Å². The number of aryl methyl sites for hydroxylation is 1.